The standard InChI is InChI=1S/C16H24N2O/c1-18(11-13-6-8-17-9-7-13)12-15-10-14-4-2-3-5-16(14)19-15/h2-5,13,15,17H,6-12H2,1H3. The summed E-state index contributed by atoms with van der Waals surface area (Å²) in [5, 5.41) is 3.43. The molecular weight excluding hydrogens is 236 g/mol. The fourth-order valence-electron chi connectivity index (χ4n) is 3.28. The van der Waals surface area contributed by atoms with Gasteiger partial charge in [0.15, 0.2) is 0 Å². The number of nitrogens with one attached hydrogen (secondary N) is 1. The molecule has 0 spiro atoms. The van der Waals surface area contributed by atoms with Gasteiger partial charge in [0.2, 0.25) is 0 Å². The van der Waals surface area contributed by atoms with Crippen molar-refractivity contribution >= 4 is 0 Å². The van der Waals surface area contributed by atoms with Crippen LogP contribution in [-0.4, -0.2) is 44.2 Å². The summed E-state index contributed by atoms with van der Waals surface area (Å²) >= 11 is 0. The highest BCUT2D eigenvalue weighted by Crippen LogP contribution is 2.28. The third-order valence-electron chi connectivity index (χ3n) is 4.26. The molecule has 1 N–H and O–H groups in total. The maximum atomic E-state index is 6.01. The summed E-state index contributed by atoms with van der Waals surface area (Å²) < 4.78 is 6.01. The van der Waals surface area contributed by atoms with E-state index < -0.39 is 0 Å². The average molecular weight is 260 g/mol. The number of para-hydroxylation sites is 1. The lowest BCUT2D eigenvalue weighted by atomic mass is 9.97. The monoisotopic (exact) mass is 260 g/mol. The van der Waals surface area contributed by atoms with Crippen molar-refractivity contribution in [2.24, 2.45) is 5.92 Å². The van der Waals surface area contributed by atoms with E-state index in [1.165, 1.54) is 38.0 Å². The molecule has 0 bridgehead atoms. The van der Waals surface area contributed by atoms with Crippen LogP contribution in [0.25, 0.3) is 0 Å². The first-order valence-electron chi connectivity index (χ1n) is 7.45. The molecule has 0 aromatic heterocycles. The Balaban J connectivity index is 1.47. The predicted octanol–water partition coefficient (Wildman–Crippen LogP) is 1.92. The van der Waals surface area contributed by atoms with Gasteiger partial charge in [-0.3, -0.25) is 0 Å². The van der Waals surface area contributed by atoms with Crippen molar-refractivity contribution in [1.29, 1.82) is 0 Å². The molecule has 0 radical (unpaired) electrons. The van der Waals surface area contributed by atoms with Gasteiger partial charge in [0.05, 0.1) is 0 Å². The SMILES string of the molecule is CN(CC1CCNCC1)CC1Cc2ccccc2O1. The summed E-state index contributed by atoms with van der Waals surface area (Å²) in [7, 11) is 2.23. The van der Waals surface area contributed by atoms with Crippen molar-refractivity contribution in [3.63, 3.8) is 0 Å². The van der Waals surface area contributed by atoms with Gasteiger partial charge < -0.3 is 15.0 Å². The number of nitrogens with zero attached hydrogens (tertiary/aromatic N) is 1. The van der Waals surface area contributed by atoms with Crippen LogP contribution in [0.2, 0.25) is 0 Å². The summed E-state index contributed by atoms with van der Waals surface area (Å²) in [6.07, 6.45) is 4.03. The Kier molecular flexibility index (Phi) is 4.04. The number of hydrogen-bond donors (Lipinski definition) is 1. The summed E-state index contributed by atoms with van der Waals surface area (Å²) in [6.45, 7) is 4.62. The maximum Gasteiger partial charge on any atom is 0.123 e. The molecule has 1 atom stereocenters. The highest BCUT2D eigenvalue weighted by Gasteiger charge is 2.24. The fourth-order valence-corrected chi connectivity index (χ4v) is 3.28. The smallest absolute Gasteiger partial charge is 0.123 e. The van der Waals surface area contributed by atoms with Crippen LogP contribution in [-0.2, 0) is 6.42 Å². The lowest BCUT2D eigenvalue weighted by Gasteiger charge is -2.28. The van der Waals surface area contributed by atoms with Crippen molar-refractivity contribution in [2.75, 3.05) is 33.2 Å². The zero-order chi connectivity index (χ0) is 13.1. The summed E-state index contributed by atoms with van der Waals surface area (Å²) in [6, 6.07) is 8.42. The number of rotatable bonds is 4. The zero-order valence-electron chi connectivity index (χ0n) is 11.8. The summed E-state index contributed by atoms with van der Waals surface area (Å²) in [5.41, 5.74) is 1.36. The number of fused-ring (bicyclic) bond motifs is 1. The number of likely N-dealkylation sites (N-methyl/N-ethyl adjacent to an activating group) is 1. The second-order valence-corrected chi connectivity index (χ2v) is 5.97. The average Bonchev–Trinajstić information content (AvgIpc) is 2.81. The molecule has 2 aliphatic heterocycles. The Bertz CT molecular complexity index is 390. The molecule has 1 saturated heterocycles. The summed E-state index contributed by atoms with van der Waals surface area (Å²) in [4.78, 5) is 2.45. The molecule has 0 saturated carbocycles. The van der Waals surface area contributed by atoms with Crippen LogP contribution in [0.15, 0.2) is 24.3 Å². The quantitative estimate of drug-likeness (QED) is 0.895. The van der Waals surface area contributed by atoms with E-state index in [1.54, 1.807) is 0 Å². The summed E-state index contributed by atoms with van der Waals surface area (Å²) in [5.74, 6) is 1.94. The molecule has 1 aromatic carbocycles. The molecule has 3 nitrogen and oxygen atoms in total. The Labute approximate surface area is 115 Å². The molecule has 1 unspecified atom stereocenters. The molecule has 1 fully saturated rings. The fraction of sp³-hybridized carbons (Fsp3) is 0.625. The molecule has 104 valence electrons. The van der Waals surface area contributed by atoms with E-state index in [-0.39, 0.29) is 0 Å². The minimum atomic E-state index is 0.337. The molecule has 3 heteroatoms. The topological polar surface area (TPSA) is 24.5 Å². The molecule has 1 aromatic rings. The van der Waals surface area contributed by atoms with Gasteiger partial charge in [0.25, 0.3) is 0 Å². The van der Waals surface area contributed by atoms with Gasteiger partial charge in [-0.15, -0.1) is 0 Å². The first-order chi connectivity index (χ1) is 9.31. The van der Waals surface area contributed by atoms with Crippen LogP contribution >= 0.6 is 0 Å². The predicted molar refractivity (Wildman–Crippen MR) is 77.7 cm³/mol. The number of piperidine rings is 1. The first kappa shape index (κ1) is 12.9. The van der Waals surface area contributed by atoms with Crippen molar-refractivity contribution in [2.45, 2.75) is 25.4 Å². The molecule has 0 aliphatic carbocycles. The largest absolute Gasteiger partial charge is 0.488 e. The lowest BCUT2D eigenvalue weighted by Crippen LogP contribution is -2.38. The van der Waals surface area contributed by atoms with Crippen LogP contribution in [0.4, 0.5) is 0 Å². The highest BCUT2D eigenvalue weighted by molar-refractivity contribution is 5.37. The Morgan fingerprint density at radius 3 is 2.79 bits per heavy atom. The minimum absolute atomic E-state index is 0.337. The van der Waals surface area contributed by atoms with Crippen LogP contribution < -0.4 is 10.1 Å². The van der Waals surface area contributed by atoms with Gasteiger partial charge in [0, 0.05) is 19.5 Å². The second-order valence-electron chi connectivity index (χ2n) is 5.97. The Morgan fingerprint density at radius 1 is 1.21 bits per heavy atom. The number of ether oxygens (including phenoxy) is 1. The third kappa shape index (κ3) is 3.28. The molecule has 0 amide bonds. The van der Waals surface area contributed by atoms with Crippen LogP contribution in [0, 0.1) is 5.92 Å². The van der Waals surface area contributed by atoms with E-state index in [0.717, 1.165) is 24.6 Å². The molecular formula is C16H24N2O. The van der Waals surface area contributed by atoms with E-state index in [2.05, 4.69) is 41.5 Å². The van der Waals surface area contributed by atoms with E-state index >= 15 is 0 Å². The number of hydrogen-bond acceptors (Lipinski definition) is 3. The Hall–Kier alpha value is -1.06. The van der Waals surface area contributed by atoms with E-state index in [4.69, 9.17) is 4.74 Å². The molecule has 3 rings (SSSR count). The van der Waals surface area contributed by atoms with Crippen molar-refractivity contribution in [3.05, 3.63) is 29.8 Å². The van der Waals surface area contributed by atoms with Gasteiger partial charge in [-0.1, -0.05) is 18.2 Å². The van der Waals surface area contributed by atoms with Crippen LogP contribution in [0.3, 0.4) is 0 Å². The third-order valence-corrected chi connectivity index (χ3v) is 4.26. The maximum absolute atomic E-state index is 6.01. The van der Waals surface area contributed by atoms with Gasteiger partial charge >= 0.3 is 0 Å². The second kappa shape index (κ2) is 5.93. The first-order valence-corrected chi connectivity index (χ1v) is 7.45. The highest BCUT2D eigenvalue weighted by atomic mass is 16.5. The van der Waals surface area contributed by atoms with Crippen LogP contribution in [0.1, 0.15) is 18.4 Å². The lowest BCUT2D eigenvalue weighted by molar-refractivity contribution is 0.149. The van der Waals surface area contributed by atoms with E-state index in [0.29, 0.717) is 6.10 Å². The van der Waals surface area contributed by atoms with Crippen molar-refractivity contribution < 1.29 is 4.74 Å². The van der Waals surface area contributed by atoms with Gasteiger partial charge in [0.1, 0.15) is 11.9 Å². The minimum Gasteiger partial charge on any atom is -0.488 e. The zero-order valence-corrected chi connectivity index (χ0v) is 11.8. The molecule has 2 heterocycles. The Morgan fingerprint density at radius 2 is 2.00 bits per heavy atom. The van der Waals surface area contributed by atoms with Crippen molar-refractivity contribution in [1.82, 2.24) is 10.2 Å². The van der Waals surface area contributed by atoms with E-state index in [9.17, 15) is 0 Å². The molecule has 19 heavy (non-hydrogen) atoms. The van der Waals surface area contributed by atoms with Gasteiger partial charge in [-0.2, -0.15) is 0 Å². The number of benzene rings is 1. The van der Waals surface area contributed by atoms with Gasteiger partial charge in [-0.25, -0.2) is 0 Å². The molecule has 2 aliphatic rings. The van der Waals surface area contributed by atoms with Crippen molar-refractivity contribution in [3.8, 4) is 5.75 Å². The normalized spacial score (nSPS) is 23.4. The van der Waals surface area contributed by atoms with Crippen LogP contribution in [0.5, 0.6) is 5.75 Å². The van der Waals surface area contributed by atoms with E-state index in [1.807, 2.05) is 0 Å². The van der Waals surface area contributed by atoms with Gasteiger partial charge in [-0.05, 0) is 50.5 Å².